The molecule has 3 rings (SSSR count). The van der Waals surface area contributed by atoms with Crippen molar-refractivity contribution in [1.29, 1.82) is 0 Å². The number of benzene rings is 1. The number of ether oxygens (including phenoxy) is 1. The molecule has 1 N–H and O–H groups in total. The zero-order chi connectivity index (χ0) is 22.4. The average Bonchev–Trinajstić information content (AvgIpc) is 2.73. The van der Waals surface area contributed by atoms with E-state index in [0.717, 1.165) is 19.3 Å². The fourth-order valence-electron chi connectivity index (χ4n) is 4.01. The van der Waals surface area contributed by atoms with Crippen LogP contribution < -0.4 is 10.1 Å². The molecule has 1 aliphatic rings. The van der Waals surface area contributed by atoms with Crippen molar-refractivity contribution in [2.24, 2.45) is 5.92 Å². The highest BCUT2D eigenvalue weighted by Crippen LogP contribution is 2.29. The molecule has 8 heteroatoms. The van der Waals surface area contributed by atoms with E-state index >= 15 is 0 Å². The minimum absolute atomic E-state index is 0.0563. The number of aromatic nitrogens is 1. The topological polar surface area (TPSA) is 85.4 Å². The SMILES string of the molecule is CC(C)C(C(=O)NCc1cccnc1Oc1cccc(F)c1)S(=O)(=O)C1CCCCC1. The fraction of sp³-hybridized carbons (Fsp3) is 0.478. The molecule has 1 amide bonds. The van der Waals surface area contributed by atoms with E-state index in [1.807, 2.05) is 0 Å². The van der Waals surface area contributed by atoms with Crippen molar-refractivity contribution in [3.8, 4) is 11.6 Å². The van der Waals surface area contributed by atoms with Crippen LogP contribution >= 0.6 is 0 Å². The summed E-state index contributed by atoms with van der Waals surface area (Å²) in [6, 6.07) is 9.10. The third-order valence-corrected chi connectivity index (χ3v) is 8.42. The van der Waals surface area contributed by atoms with E-state index in [0.29, 0.717) is 18.4 Å². The predicted molar refractivity (Wildman–Crippen MR) is 117 cm³/mol. The van der Waals surface area contributed by atoms with E-state index in [2.05, 4.69) is 10.3 Å². The molecule has 0 saturated heterocycles. The zero-order valence-electron chi connectivity index (χ0n) is 17.9. The minimum Gasteiger partial charge on any atom is -0.439 e. The molecule has 1 aromatic heterocycles. The van der Waals surface area contributed by atoms with Gasteiger partial charge in [-0.15, -0.1) is 0 Å². The summed E-state index contributed by atoms with van der Waals surface area (Å²) in [5.74, 6) is -0.781. The number of hydrogen-bond acceptors (Lipinski definition) is 5. The lowest BCUT2D eigenvalue weighted by atomic mass is 10.0. The highest BCUT2D eigenvalue weighted by atomic mass is 32.2. The summed E-state index contributed by atoms with van der Waals surface area (Å²) in [5, 5.41) is 1.20. The molecular formula is C23H29FN2O4S. The molecular weight excluding hydrogens is 419 g/mol. The number of hydrogen-bond donors (Lipinski definition) is 1. The van der Waals surface area contributed by atoms with Crippen LogP contribution in [0.5, 0.6) is 11.6 Å². The summed E-state index contributed by atoms with van der Waals surface area (Å²) in [6.07, 6.45) is 5.57. The molecule has 0 spiro atoms. The molecule has 168 valence electrons. The van der Waals surface area contributed by atoms with Crippen LogP contribution in [0.25, 0.3) is 0 Å². The smallest absolute Gasteiger partial charge is 0.238 e. The fourth-order valence-corrected chi connectivity index (χ4v) is 6.55. The number of pyridine rings is 1. The molecule has 0 aliphatic heterocycles. The molecule has 1 atom stereocenters. The predicted octanol–water partition coefficient (Wildman–Crippen LogP) is 4.40. The van der Waals surface area contributed by atoms with Crippen molar-refractivity contribution in [2.45, 2.75) is 63.0 Å². The Hall–Kier alpha value is -2.48. The van der Waals surface area contributed by atoms with Gasteiger partial charge in [0, 0.05) is 24.4 Å². The lowest BCUT2D eigenvalue weighted by Crippen LogP contribution is -2.47. The van der Waals surface area contributed by atoms with E-state index in [-0.39, 0.29) is 24.1 Å². The Morgan fingerprint density at radius 2 is 1.94 bits per heavy atom. The Bertz CT molecular complexity index is 1000. The third-order valence-electron chi connectivity index (χ3n) is 5.55. The molecule has 1 unspecified atom stereocenters. The van der Waals surface area contributed by atoms with Crippen LogP contribution in [-0.2, 0) is 21.2 Å². The number of rotatable bonds is 8. The molecule has 1 aromatic carbocycles. The molecule has 1 heterocycles. The van der Waals surface area contributed by atoms with E-state index in [1.165, 1.54) is 24.4 Å². The highest BCUT2D eigenvalue weighted by molar-refractivity contribution is 7.93. The maximum Gasteiger partial charge on any atom is 0.238 e. The Labute approximate surface area is 183 Å². The summed E-state index contributed by atoms with van der Waals surface area (Å²) >= 11 is 0. The van der Waals surface area contributed by atoms with Crippen molar-refractivity contribution in [2.75, 3.05) is 0 Å². The third kappa shape index (κ3) is 5.81. The minimum atomic E-state index is -3.59. The lowest BCUT2D eigenvalue weighted by Gasteiger charge is -2.28. The summed E-state index contributed by atoms with van der Waals surface area (Å²) in [7, 11) is -3.59. The van der Waals surface area contributed by atoms with Gasteiger partial charge in [-0.1, -0.05) is 45.2 Å². The molecule has 1 saturated carbocycles. The Balaban J connectivity index is 1.73. The van der Waals surface area contributed by atoms with Gasteiger partial charge in [-0.2, -0.15) is 0 Å². The number of nitrogens with zero attached hydrogens (tertiary/aromatic N) is 1. The summed E-state index contributed by atoms with van der Waals surface area (Å²) in [4.78, 5) is 17.1. The van der Waals surface area contributed by atoms with Crippen LogP contribution in [0.3, 0.4) is 0 Å². The highest BCUT2D eigenvalue weighted by Gasteiger charge is 2.41. The monoisotopic (exact) mass is 448 g/mol. The average molecular weight is 449 g/mol. The first-order valence-corrected chi connectivity index (χ1v) is 12.3. The van der Waals surface area contributed by atoms with Gasteiger partial charge in [-0.3, -0.25) is 4.79 Å². The summed E-state index contributed by atoms with van der Waals surface area (Å²) < 4.78 is 45.5. The van der Waals surface area contributed by atoms with Gasteiger partial charge >= 0.3 is 0 Å². The molecule has 1 aliphatic carbocycles. The number of carbonyl (C=O) groups is 1. The van der Waals surface area contributed by atoms with Crippen molar-refractivity contribution < 1.29 is 22.3 Å². The summed E-state index contributed by atoms with van der Waals surface area (Å²) in [6.45, 7) is 3.57. The van der Waals surface area contributed by atoms with Crippen LogP contribution in [0.1, 0.15) is 51.5 Å². The van der Waals surface area contributed by atoms with Crippen molar-refractivity contribution in [3.63, 3.8) is 0 Å². The number of sulfone groups is 1. The van der Waals surface area contributed by atoms with Crippen molar-refractivity contribution in [1.82, 2.24) is 10.3 Å². The lowest BCUT2D eigenvalue weighted by molar-refractivity contribution is -0.121. The van der Waals surface area contributed by atoms with Crippen LogP contribution in [0.15, 0.2) is 42.6 Å². The maximum atomic E-state index is 13.4. The molecule has 2 aromatic rings. The Morgan fingerprint density at radius 3 is 2.61 bits per heavy atom. The quantitative estimate of drug-likeness (QED) is 0.647. The second-order valence-electron chi connectivity index (χ2n) is 8.26. The van der Waals surface area contributed by atoms with Gasteiger partial charge in [0.15, 0.2) is 9.84 Å². The standard InChI is InChI=1S/C23H29FN2O4S/c1-16(2)21(31(28,29)20-11-4-3-5-12-20)22(27)26-15-17-8-7-13-25-23(17)30-19-10-6-9-18(24)14-19/h6-10,13-14,16,20-21H,3-5,11-12,15H2,1-2H3,(H,26,27). The summed E-state index contributed by atoms with van der Waals surface area (Å²) in [5.41, 5.74) is 0.567. The van der Waals surface area contributed by atoms with Gasteiger partial charge < -0.3 is 10.1 Å². The largest absolute Gasteiger partial charge is 0.439 e. The van der Waals surface area contributed by atoms with Crippen LogP contribution in [0.2, 0.25) is 0 Å². The van der Waals surface area contributed by atoms with Gasteiger partial charge in [0.05, 0.1) is 5.25 Å². The van der Waals surface area contributed by atoms with Crippen molar-refractivity contribution in [3.05, 3.63) is 54.0 Å². The van der Waals surface area contributed by atoms with Crippen LogP contribution in [-0.4, -0.2) is 29.8 Å². The normalized spacial score (nSPS) is 16.1. The molecule has 0 bridgehead atoms. The first-order chi connectivity index (χ1) is 14.8. The van der Waals surface area contributed by atoms with Gasteiger partial charge in [0.25, 0.3) is 0 Å². The van der Waals surface area contributed by atoms with Gasteiger partial charge in [-0.05, 0) is 37.0 Å². The Kier molecular flexibility index (Phi) is 7.64. The van der Waals surface area contributed by atoms with Crippen LogP contribution in [0.4, 0.5) is 4.39 Å². The van der Waals surface area contributed by atoms with Crippen LogP contribution in [0, 0.1) is 11.7 Å². The maximum absolute atomic E-state index is 13.4. The van der Waals surface area contributed by atoms with E-state index < -0.39 is 32.1 Å². The number of halogens is 1. The zero-order valence-corrected chi connectivity index (χ0v) is 18.7. The number of carbonyl (C=O) groups excluding carboxylic acids is 1. The molecule has 6 nitrogen and oxygen atoms in total. The number of amides is 1. The second-order valence-corrected chi connectivity index (χ2v) is 10.6. The van der Waals surface area contributed by atoms with Gasteiger partial charge in [0.2, 0.25) is 11.8 Å². The van der Waals surface area contributed by atoms with E-state index in [4.69, 9.17) is 4.74 Å². The van der Waals surface area contributed by atoms with Gasteiger partial charge in [0.1, 0.15) is 16.8 Å². The van der Waals surface area contributed by atoms with E-state index in [9.17, 15) is 17.6 Å². The Morgan fingerprint density at radius 1 is 1.19 bits per heavy atom. The second kappa shape index (κ2) is 10.2. The first kappa shape index (κ1) is 23.2. The first-order valence-electron chi connectivity index (χ1n) is 10.7. The van der Waals surface area contributed by atoms with E-state index in [1.54, 1.807) is 32.0 Å². The van der Waals surface area contributed by atoms with Crippen molar-refractivity contribution >= 4 is 15.7 Å². The molecule has 1 fully saturated rings. The number of nitrogens with one attached hydrogen (secondary N) is 1. The molecule has 0 radical (unpaired) electrons. The molecule has 31 heavy (non-hydrogen) atoms. The van der Waals surface area contributed by atoms with Gasteiger partial charge in [-0.25, -0.2) is 17.8 Å².